The minimum Gasteiger partial charge on any atom is -0.466 e. The molecule has 2 heterocycles. The topological polar surface area (TPSA) is 44.1 Å². The van der Waals surface area contributed by atoms with Crippen molar-refractivity contribution < 1.29 is 9.53 Å². The number of esters is 1. The Kier molecular flexibility index (Phi) is 6.42. The van der Waals surface area contributed by atoms with Crippen LogP contribution in [0.1, 0.15) is 31.2 Å². The van der Waals surface area contributed by atoms with E-state index in [0.29, 0.717) is 0 Å². The molecule has 0 aliphatic rings. The Hall–Kier alpha value is -2.88. The van der Waals surface area contributed by atoms with Crippen LogP contribution in [-0.4, -0.2) is 22.6 Å². The fourth-order valence-electron chi connectivity index (χ4n) is 3.58. The van der Waals surface area contributed by atoms with Gasteiger partial charge in [-0.2, -0.15) is 0 Å². The van der Waals surface area contributed by atoms with Crippen molar-refractivity contribution in [3.8, 4) is 11.3 Å². The van der Waals surface area contributed by atoms with Crippen molar-refractivity contribution in [2.45, 2.75) is 32.1 Å². The summed E-state index contributed by atoms with van der Waals surface area (Å²) in [5, 5.41) is 1.32. The second kappa shape index (κ2) is 9.17. The number of allylic oxidation sites excluding steroid dienone is 1. The second-order valence-electron chi connectivity index (χ2n) is 6.67. The number of aryl methyl sites for hydroxylation is 2. The van der Waals surface area contributed by atoms with Crippen LogP contribution in [0, 0.1) is 0 Å². The summed E-state index contributed by atoms with van der Waals surface area (Å²) in [4.78, 5) is 15.4. The smallest absolute Gasteiger partial charge is 0.330 e. The molecule has 0 aliphatic carbocycles. The van der Waals surface area contributed by atoms with Gasteiger partial charge in [0.25, 0.3) is 0 Å². The molecule has 4 heteroatoms. The van der Waals surface area contributed by atoms with E-state index in [1.165, 1.54) is 35.3 Å². The summed E-state index contributed by atoms with van der Waals surface area (Å²) >= 11 is 0. The third-order valence-electron chi connectivity index (χ3n) is 4.90. The van der Waals surface area contributed by atoms with Gasteiger partial charge in [-0.05, 0) is 49.4 Å². The lowest BCUT2D eigenvalue weighted by Crippen LogP contribution is -1.95. The molecule has 27 heavy (non-hydrogen) atoms. The third kappa shape index (κ3) is 4.45. The highest BCUT2D eigenvalue weighted by Crippen LogP contribution is 2.33. The van der Waals surface area contributed by atoms with Crippen LogP contribution < -0.4 is 0 Å². The quantitative estimate of drug-likeness (QED) is 0.319. The zero-order valence-corrected chi connectivity index (χ0v) is 16.0. The van der Waals surface area contributed by atoms with E-state index in [1.54, 1.807) is 0 Å². The first-order valence-electron chi connectivity index (χ1n) is 9.43. The minimum atomic E-state index is -0.285. The van der Waals surface area contributed by atoms with Crippen LogP contribution in [0.2, 0.25) is 0 Å². The molecule has 0 aliphatic heterocycles. The fourth-order valence-corrected chi connectivity index (χ4v) is 3.58. The predicted octanol–water partition coefficient (Wildman–Crippen LogP) is 5.07. The van der Waals surface area contributed by atoms with Crippen molar-refractivity contribution in [3.63, 3.8) is 0 Å². The normalized spacial score (nSPS) is 11.3. The fraction of sp³-hybridized carbons (Fsp3) is 0.304. The number of carbonyl (C=O) groups excluding carboxylic acids is 1. The molecule has 0 unspecified atom stereocenters. The molecule has 0 fully saturated rings. The molecule has 0 saturated heterocycles. The molecule has 0 bridgehead atoms. The SMILES string of the molecule is COC(=O)/C=C/CCCCCc1c(-c2cccnc2)n(C)c2ccccc12. The van der Waals surface area contributed by atoms with E-state index in [9.17, 15) is 4.79 Å². The van der Waals surface area contributed by atoms with Crippen molar-refractivity contribution >= 4 is 16.9 Å². The molecular formula is C23H26N2O2. The molecule has 0 radical (unpaired) electrons. The summed E-state index contributed by atoms with van der Waals surface area (Å²) in [6.07, 6.45) is 12.4. The van der Waals surface area contributed by atoms with E-state index >= 15 is 0 Å². The minimum absolute atomic E-state index is 0.285. The number of hydrogen-bond acceptors (Lipinski definition) is 3. The second-order valence-corrected chi connectivity index (χ2v) is 6.67. The van der Waals surface area contributed by atoms with Crippen LogP contribution >= 0.6 is 0 Å². The van der Waals surface area contributed by atoms with Crippen LogP contribution in [0.5, 0.6) is 0 Å². The molecule has 1 aromatic carbocycles. The van der Waals surface area contributed by atoms with Crippen molar-refractivity contribution in [1.29, 1.82) is 0 Å². The van der Waals surface area contributed by atoms with E-state index < -0.39 is 0 Å². The first kappa shape index (κ1) is 18.9. The van der Waals surface area contributed by atoms with E-state index in [-0.39, 0.29) is 5.97 Å². The maximum absolute atomic E-state index is 11.1. The monoisotopic (exact) mass is 362 g/mol. The Morgan fingerprint density at radius 2 is 2.00 bits per heavy atom. The van der Waals surface area contributed by atoms with Gasteiger partial charge in [0.1, 0.15) is 0 Å². The van der Waals surface area contributed by atoms with Gasteiger partial charge in [-0.25, -0.2) is 4.79 Å². The predicted molar refractivity (Wildman–Crippen MR) is 109 cm³/mol. The molecule has 0 amide bonds. The van der Waals surface area contributed by atoms with Crippen LogP contribution in [-0.2, 0) is 23.0 Å². The Labute approximate surface area is 160 Å². The first-order chi connectivity index (χ1) is 13.2. The number of nitrogens with zero attached hydrogens (tertiary/aromatic N) is 2. The first-order valence-corrected chi connectivity index (χ1v) is 9.43. The number of methoxy groups -OCH3 is 1. The Morgan fingerprint density at radius 3 is 2.78 bits per heavy atom. The van der Waals surface area contributed by atoms with Gasteiger partial charge in [-0.15, -0.1) is 0 Å². The zero-order chi connectivity index (χ0) is 19.1. The number of benzene rings is 1. The van der Waals surface area contributed by atoms with Crippen molar-refractivity contribution in [1.82, 2.24) is 9.55 Å². The summed E-state index contributed by atoms with van der Waals surface area (Å²) in [5.41, 5.74) is 5.07. The number of para-hydroxylation sites is 1. The summed E-state index contributed by atoms with van der Waals surface area (Å²) in [6, 6.07) is 12.7. The zero-order valence-electron chi connectivity index (χ0n) is 16.0. The number of carbonyl (C=O) groups is 1. The molecule has 3 rings (SSSR count). The molecule has 0 N–H and O–H groups in total. The number of fused-ring (bicyclic) bond motifs is 1. The number of unbranched alkanes of at least 4 members (excludes halogenated alkanes) is 3. The number of hydrogen-bond donors (Lipinski definition) is 0. The number of rotatable bonds is 8. The van der Waals surface area contributed by atoms with Crippen LogP contribution in [0.4, 0.5) is 0 Å². The number of pyridine rings is 1. The Morgan fingerprint density at radius 1 is 1.15 bits per heavy atom. The highest BCUT2D eigenvalue weighted by atomic mass is 16.5. The standard InChI is InChI=1S/C23H26N2O2/c1-25-21-14-9-8-12-19(21)20(23(25)18-11-10-16-24-17-18)13-6-4-3-5-7-15-22(26)27-2/h7-12,14-17H,3-6,13H2,1-2H3/b15-7+. The third-order valence-corrected chi connectivity index (χ3v) is 4.90. The molecule has 0 atom stereocenters. The summed E-state index contributed by atoms with van der Waals surface area (Å²) < 4.78 is 6.88. The van der Waals surface area contributed by atoms with E-state index in [0.717, 1.165) is 37.7 Å². The summed E-state index contributed by atoms with van der Waals surface area (Å²) in [7, 11) is 3.53. The van der Waals surface area contributed by atoms with E-state index in [1.807, 2.05) is 24.5 Å². The maximum atomic E-state index is 11.1. The van der Waals surface area contributed by atoms with Gasteiger partial charge in [0.15, 0.2) is 0 Å². The lowest BCUT2D eigenvalue weighted by atomic mass is 10.00. The highest BCUT2D eigenvalue weighted by Gasteiger charge is 2.16. The van der Waals surface area contributed by atoms with Gasteiger partial charge >= 0.3 is 5.97 Å². The van der Waals surface area contributed by atoms with Crippen LogP contribution in [0.15, 0.2) is 60.9 Å². The van der Waals surface area contributed by atoms with Gasteiger partial charge in [0.2, 0.25) is 0 Å². The lowest BCUT2D eigenvalue weighted by Gasteiger charge is -2.08. The van der Waals surface area contributed by atoms with Crippen molar-refractivity contribution in [2.75, 3.05) is 7.11 Å². The van der Waals surface area contributed by atoms with Gasteiger partial charge in [0.05, 0.1) is 12.8 Å². The molecule has 3 aromatic rings. The molecule has 140 valence electrons. The lowest BCUT2D eigenvalue weighted by molar-refractivity contribution is -0.134. The maximum Gasteiger partial charge on any atom is 0.330 e. The summed E-state index contributed by atoms with van der Waals surface area (Å²) in [6.45, 7) is 0. The largest absolute Gasteiger partial charge is 0.466 e. The molecule has 0 saturated carbocycles. The molecule has 2 aromatic heterocycles. The van der Waals surface area contributed by atoms with E-state index in [4.69, 9.17) is 0 Å². The van der Waals surface area contributed by atoms with Gasteiger partial charge in [-0.3, -0.25) is 4.98 Å². The number of aromatic nitrogens is 2. The van der Waals surface area contributed by atoms with Crippen LogP contribution in [0.3, 0.4) is 0 Å². The number of ether oxygens (including phenoxy) is 1. The molecule has 0 spiro atoms. The van der Waals surface area contributed by atoms with Gasteiger partial charge in [0, 0.05) is 42.0 Å². The van der Waals surface area contributed by atoms with Crippen LogP contribution in [0.25, 0.3) is 22.2 Å². The average molecular weight is 362 g/mol. The summed E-state index contributed by atoms with van der Waals surface area (Å²) in [5.74, 6) is -0.285. The Balaban J connectivity index is 1.72. The van der Waals surface area contributed by atoms with Gasteiger partial charge < -0.3 is 9.30 Å². The van der Waals surface area contributed by atoms with Crippen molar-refractivity contribution in [3.05, 3.63) is 66.5 Å². The molecular weight excluding hydrogens is 336 g/mol. The van der Waals surface area contributed by atoms with Gasteiger partial charge in [-0.1, -0.05) is 30.7 Å². The highest BCUT2D eigenvalue weighted by molar-refractivity contribution is 5.91. The molecule has 4 nitrogen and oxygen atoms in total. The van der Waals surface area contributed by atoms with E-state index in [2.05, 4.69) is 51.7 Å². The van der Waals surface area contributed by atoms with Crippen molar-refractivity contribution in [2.24, 2.45) is 7.05 Å². The Bertz CT molecular complexity index is 926. The average Bonchev–Trinajstić information content (AvgIpc) is 3.00.